The van der Waals surface area contributed by atoms with Gasteiger partial charge in [-0.25, -0.2) is 8.42 Å². The molecule has 6 nitrogen and oxygen atoms in total. The Labute approximate surface area is 143 Å². The smallest absolute Gasteiger partial charge is 0.241 e. The quantitative estimate of drug-likeness (QED) is 0.821. The second-order valence-corrected chi connectivity index (χ2v) is 8.01. The number of carbonyl (C=O) groups excluding carboxylic acids is 2. The summed E-state index contributed by atoms with van der Waals surface area (Å²) < 4.78 is 27.3. The molecule has 24 heavy (non-hydrogen) atoms. The zero-order valence-corrected chi connectivity index (χ0v) is 15.1. The number of hydrogen-bond donors (Lipinski definition) is 1. The molecule has 1 N–H and O–H groups in total. The van der Waals surface area contributed by atoms with Crippen LogP contribution in [0.1, 0.15) is 50.4 Å². The lowest BCUT2D eigenvalue weighted by Crippen LogP contribution is -2.51. The first-order chi connectivity index (χ1) is 11.2. The van der Waals surface area contributed by atoms with E-state index in [-0.39, 0.29) is 22.6 Å². The van der Waals surface area contributed by atoms with Crippen molar-refractivity contribution in [2.45, 2.75) is 57.0 Å². The van der Waals surface area contributed by atoms with Crippen LogP contribution in [0, 0.1) is 0 Å². The Balaban J connectivity index is 2.10. The van der Waals surface area contributed by atoms with Crippen LogP contribution in [0.25, 0.3) is 0 Å². The number of ketones is 1. The monoisotopic (exact) mass is 352 g/mol. The molecule has 1 saturated heterocycles. The van der Waals surface area contributed by atoms with Crippen LogP contribution in [0.4, 0.5) is 0 Å². The third kappa shape index (κ3) is 4.21. The zero-order valence-electron chi connectivity index (χ0n) is 14.3. The summed E-state index contributed by atoms with van der Waals surface area (Å²) >= 11 is 0. The van der Waals surface area contributed by atoms with E-state index in [2.05, 4.69) is 4.72 Å². The summed E-state index contributed by atoms with van der Waals surface area (Å²) in [5.74, 6) is -0.333. The van der Waals surface area contributed by atoms with Gasteiger partial charge in [0.05, 0.1) is 10.9 Å². The molecule has 1 aromatic carbocycles. The van der Waals surface area contributed by atoms with Crippen molar-refractivity contribution >= 4 is 21.7 Å². The summed E-state index contributed by atoms with van der Waals surface area (Å²) in [6.45, 7) is 5.63. The molecule has 1 heterocycles. The second-order valence-electron chi connectivity index (χ2n) is 6.30. The highest BCUT2D eigenvalue weighted by Crippen LogP contribution is 2.18. The lowest BCUT2D eigenvalue weighted by Gasteiger charge is -2.35. The Hall–Kier alpha value is -1.73. The van der Waals surface area contributed by atoms with Gasteiger partial charge in [-0.05, 0) is 52.2 Å². The van der Waals surface area contributed by atoms with Gasteiger partial charge in [-0.2, -0.15) is 4.72 Å². The maximum absolute atomic E-state index is 12.5. The first-order valence-electron chi connectivity index (χ1n) is 8.16. The standard InChI is InChI=1S/C17H24N2O4S/c1-12-6-4-5-11-19(12)17(21)13(2)18-24(22,23)16-9-7-15(8-10-16)14(3)20/h7-10,12-13,18H,4-6,11H2,1-3H3. The Morgan fingerprint density at radius 1 is 1.21 bits per heavy atom. The number of piperidine rings is 1. The van der Waals surface area contributed by atoms with E-state index in [4.69, 9.17) is 0 Å². The van der Waals surface area contributed by atoms with Crippen molar-refractivity contribution in [1.82, 2.24) is 9.62 Å². The number of hydrogen-bond acceptors (Lipinski definition) is 4. The average Bonchev–Trinajstić information content (AvgIpc) is 2.54. The Morgan fingerprint density at radius 3 is 2.38 bits per heavy atom. The number of nitrogens with one attached hydrogen (secondary N) is 1. The molecule has 132 valence electrons. The normalized spacial score (nSPS) is 19.8. The molecule has 1 fully saturated rings. The summed E-state index contributed by atoms with van der Waals surface area (Å²) in [5.41, 5.74) is 0.445. The second kappa shape index (κ2) is 7.44. The predicted molar refractivity (Wildman–Crippen MR) is 91.3 cm³/mol. The molecule has 0 aliphatic carbocycles. The van der Waals surface area contributed by atoms with E-state index in [1.54, 1.807) is 11.8 Å². The molecule has 0 bridgehead atoms. The van der Waals surface area contributed by atoms with Crippen molar-refractivity contribution in [2.24, 2.45) is 0 Å². The summed E-state index contributed by atoms with van der Waals surface area (Å²) in [4.78, 5) is 25.6. The fraction of sp³-hybridized carbons (Fsp3) is 0.529. The predicted octanol–water partition coefficient (Wildman–Crippen LogP) is 1.96. The molecule has 1 aromatic rings. The van der Waals surface area contributed by atoms with Gasteiger partial charge in [-0.3, -0.25) is 9.59 Å². The first kappa shape index (κ1) is 18.6. The van der Waals surface area contributed by atoms with Crippen molar-refractivity contribution in [2.75, 3.05) is 6.54 Å². The molecule has 0 spiro atoms. The molecular formula is C17H24N2O4S. The number of benzene rings is 1. The summed E-state index contributed by atoms with van der Waals surface area (Å²) in [7, 11) is -3.81. The van der Waals surface area contributed by atoms with Crippen molar-refractivity contribution in [3.63, 3.8) is 0 Å². The lowest BCUT2D eigenvalue weighted by atomic mass is 10.0. The number of likely N-dealkylation sites (tertiary alicyclic amines) is 1. The van der Waals surface area contributed by atoms with Crippen LogP contribution in [-0.4, -0.2) is 43.6 Å². The lowest BCUT2D eigenvalue weighted by molar-refractivity contribution is -0.135. The van der Waals surface area contributed by atoms with Gasteiger partial charge in [-0.15, -0.1) is 0 Å². The third-order valence-electron chi connectivity index (χ3n) is 4.36. The SMILES string of the molecule is CC(=O)c1ccc(S(=O)(=O)NC(C)C(=O)N2CCCCC2C)cc1. The van der Waals surface area contributed by atoms with Gasteiger partial charge in [0.15, 0.2) is 5.78 Å². The Morgan fingerprint density at radius 2 is 1.83 bits per heavy atom. The fourth-order valence-corrected chi connectivity index (χ4v) is 4.09. The zero-order chi connectivity index (χ0) is 17.9. The van der Waals surface area contributed by atoms with Crippen LogP contribution in [0.5, 0.6) is 0 Å². The molecule has 1 amide bonds. The first-order valence-corrected chi connectivity index (χ1v) is 9.64. The molecule has 1 aliphatic heterocycles. The largest absolute Gasteiger partial charge is 0.339 e. The van der Waals surface area contributed by atoms with Gasteiger partial charge in [0.1, 0.15) is 0 Å². The number of nitrogens with zero attached hydrogens (tertiary/aromatic N) is 1. The van der Waals surface area contributed by atoms with Crippen molar-refractivity contribution < 1.29 is 18.0 Å². The topological polar surface area (TPSA) is 83.5 Å². The van der Waals surface area contributed by atoms with Gasteiger partial charge in [0.25, 0.3) is 0 Å². The van der Waals surface area contributed by atoms with Crippen LogP contribution in [-0.2, 0) is 14.8 Å². The molecular weight excluding hydrogens is 328 g/mol. The van der Waals surface area contributed by atoms with Crippen molar-refractivity contribution in [1.29, 1.82) is 0 Å². The minimum atomic E-state index is -3.81. The van der Waals surface area contributed by atoms with E-state index in [1.807, 2.05) is 6.92 Å². The minimum Gasteiger partial charge on any atom is -0.339 e. The molecule has 0 saturated carbocycles. The Bertz CT molecular complexity index is 713. The van der Waals surface area contributed by atoms with Gasteiger partial charge in [0.2, 0.25) is 15.9 Å². The maximum atomic E-state index is 12.5. The van der Waals surface area contributed by atoms with Gasteiger partial charge in [0, 0.05) is 18.2 Å². The fourth-order valence-electron chi connectivity index (χ4n) is 2.89. The highest BCUT2D eigenvalue weighted by molar-refractivity contribution is 7.89. The van der Waals surface area contributed by atoms with E-state index in [9.17, 15) is 18.0 Å². The summed E-state index contributed by atoms with van der Waals surface area (Å²) in [6, 6.07) is 4.99. The molecule has 0 radical (unpaired) electrons. The highest BCUT2D eigenvalue weighted by Gasteiger charge is 2.29. The summed E-state index contributed by atoms with van der Waals surface area (Å²) in [5, 5.41) is 0. The van der Waals surface area contributed by atoms with E-state index in [0.29, 0.717) is 12.1 Å². The molecule has 2 atom stereocenters. The van der Waals surface area contributed by atoms with E-state index >= 15 is 0 Å². The van der Waals surface area contributed by atoms with E-state index < -0.39 is 16.1 Å². The number of amides is 1. The average molecular weight is 352 g/mol. The minimum absolute atomic E-state index is 0.0406. The Kier molecular flexibility index (Phi) is 5.77. The van der Waals surface area contributed by atoms with Gasteiger partial charge < -0.3 is 4.90 Å². The van der Waals surface area contributed by atoms with E-state index in [0.717, 1.165) is 19.3 Å². The van der Waals surface area contributed by atoms with Crippen LogP contribution in [0.3, 0.4) is 0 Å². The third-order valence-corrected chi connectivity index (χ3v) is 5.92. The van der Waals surface area contributed by atoms with Crippen molar-refractivity contribution in [3.8, 4) is 0 Å². The van der Waals surface area contributed by atoms with Crippen LogP contribution in [0.15, 0.2) is 29.2 Å². The molecule has 2 unspecified atom stereocenters. The van der Waals surface area contributed by atoms with Crippen LogP contribution < -0.4 is 4.72 Å². The van der Waals surface area contributed by atoms with E-state index in [1.165, 1.54) is 31.2 Å². The highest BCUT2D eigenvalue weighted by atomic mass is 32.2. The van der Waals surface area contributed by atoms with Crippen LogP contribution in [0.2, 0.25) is 0 Å². The van der Waals surface area contributed by atoms with Gasteiger partial charge >= 0.3 is 0 Å². The van der Waals surface area contributed by atoms with Crippen molar-refractivity contribution in [3.05, 3.63) is 29.8 Å². The number of Topliss-reactive ketones (excluding diaryl/α,β-unsaturated/α-hetero) is 1. The number of carbonyl (C=O) groups is 2. The molecule has 7 heteroatoms. The molecule has 0 aromatic heterocycles. The molecule has 2 rings (SSSR count). The number of rotatable bonds is 5. The number of sulfonamides is 1. The molecule has 1 aliphatic rings. The maximum Gasteiger partial charge on any atom is 0.241 e. The van der Waals surface area contributed by atoms with Gasteiger partial charge in [-0.1, -0.05) is 12.1 Å². The summed E-state index contributed by atoms with van der Waals surface area (Å²) in [6.07, 6.45) is 2.98. The van der Waals surface area contributed by atoms with Crippen LogP contribution >= 0.6 is 0 Å².